The van der Waals surface area contributed by atoms with E-state index in [1.165, 1.54) is 0 Å². The van der Waals surface area contributed by atoms with E-state index in [0.717, 1.165) is 0 Å². The second-order valence-corrected chi connectivity index (χ2v) is 16.6. The molecule has 0 saturated carbocycles. The van der Waals surface area contributed by atoms with Gasteiger partial charge in [0.2, 0.25) is 0 Å². The topological polar surface area (TPSA) is 71.1 Å². The number of benzene rings is 4. The number of hydrogen-bond acceptors (Lipinski definition) is 6. The molecule has 1 atom stereocenters. The molecule has 0 aromatic heterocycles. The van der Waals surface area contributed by atoms with Crippen molar-refractivity contribution in [1.82, 2.24) is 0 Å². The fourth-order valence-corrected chi connectivity index (χ4v) is 10.8. The standard InChI is InChI=1S/C28H27O6P2.2ClH.Ni/c29-35(31-25-15-5-1-6-16-25,32-26-17-7-2-8-18-26)23-13-14-24-36(30,33-27-19-9-3-10-20-27)34-28-21-11-4-12-22-28;;;/h1-12,15-23H,13-14,24H2;2*1H;/q;;;+2/p-2. The van der Waals surface area contributed by atoms with E-state index in [4.69, 9.17) is 38.5 Å². The van der Waals surface area contributed by atoms with Crippen LogP contribution in [0.4, 0.5) is 0 Å². The normalized spacial score (nSPS) is 12.7. The van der Waals surface area contributed by atoms with Crippen molar-refractivity contribution in [2.24, 2.45) is 0 Å². The van der Waals surface area contributed by atoms with E-state index in [1.54, 1.807) is 97.1 Å². The molecule has 6 nitrogen and oxygen atoms in total. The third kappa shape index (κ3) is 9.07. The molecule has 4 aromatic carbocycles. The van der Waals surface area contributed by atoms with Crippen LogP contribution in [-0.2, 0) is 20.8 Å². The maximum atomic E-state index is 14.3. The van der Waals surface area contributed by atoms with Crippen LogP contribution in [0.1, 0.15) is 12.8 Å². The van der Waals surface area contributed by atoms with Crippen LogP contribution in [0.15, 0.2) is 121 Å². The van der Waals surface area contributed by atoms with Crippen molar-refractivity contribution in [2.45, 2.75) is 17.5 Å². The van der Waals surface area contributed by atoms with Gasteiger partial charge in [-0.25, -0.2) is 0 Å². The van der Waals surface area contributed by atoms with Gasteiger partial charge in [0.05, 0.1) is 0 Å². The monoisotopic (exact) mass is 649 g/mol. The molecule has 0 amide bonds. The summed E-state index contributed by atoms with van der Waals surface area (Å²) in [6.07, 6.45) is 0.449. The van der Waals surface area contributed by atoms with E-state index < -0.39 is 31.4 Å². The first kappa shape index (κ1) is 29.6. The molecule has 0 aliphatic heterocycles. The van der Waals surface area contributed by atoms with Crippen molar-refractivity contribution in [3.05, 3.63) is 121 Å². The fourth-order valence-electron chi connectivity index (χ4n) is 3.52. The molecular weight excluding hydrogens is 624 g/mol. The molecule has 0 spiro atoms. The summed E-state index contributed by atoms with van der Waals surface area (Å²) in [4.78, 5) is 0. The van der Waals surface area contributed by atoms with Gasteiger partial charge in [0.1, 0.15) is 0 Å². The van der Waals surface area contributed by atoms with E-state index in [1.807, 2.05) is 24.3 Å². The molecule has 0 saturated heterocycles. The first-order chi connectivity index (χ1) is 18.9. The molecular formula is C28H27Cl2NiO6P2. The zero-order valence-electron chi connectivity index (χ0n) is 20.7. The minimum absolute atomic E-state index is 0.0111. The second kappa shape index (κ2) is 14.3. The van der Waals surface area contributed by atoms with Gasteiger partial charge >= 0.3 is 242 Å². The Hall–Kier alpha value is -2.39. The molecule has 4 aromatic rings. The van der Waals surface area contributed by atoms with Crippen molar-refractivity contribution in [3.63, 3.8) is 0 Å². The van der Waals surface area contributed by atoms with Crippen molar-refractivity contribution in [3.8, 4) is 23.0 Å². The fraction of sp³-hybridized carbons (Fsp3) is 0.143. The van der Waals surface area contributed by atoms with Gasteiger partial charge in [0.15, 0.2) is 0 Å². The number of rotatable bonds is 14. The van der Waals surface area contributed by atoms with Crippen LogP contribution >= 0.6 is 35.6 Å². The van der Waals surface area contributed by atoms with Crippen LogP contribution in [0.2, 0.25) is 0 Å². The van der Waals surface area contributed by atoms with Crippen LogP contribution in [-0.4, -0.2) is 10.8 Å². The molecule has 0 aliphatic rings. The van der Waals surface area contributed by atoms with Gasteiger partial charge in [-0.3, -0.25) is 0 Å². The van der Waals surface area contributed by atoms with E-state index in [9.17, 15) is 9.13 Å². The molecule has 11 heteroatoms. The van der Waals surface area contributed by atoms with Gasteiger partial charge in [-0.1, -0.05) is 0 Å². The second-order valence-electron chi connectivity index (χ2n) is 8.21. The maximum absolute atomic E-state index is 14.3. The summed E-state index contributed by atoms with van der Waals surface area (Å²) in [5, 5.41) is 0. The average molecular weight is 651 g/mol. The molecule has 209 valence electrons. The number of hydrogen-bond donors (Lipinski definition) is 0. The summed E-state index contributed by atoms with van der Waals surface area (Å²) in [7, 11) is 5.18. The van der Waals surface area contributed by atoms with Crippen LogP contribution in [0.5, 0.6) is 23.0 Å². The number of halogens is 2. The Morgan fingerprint density at radius 2 is 0.897 bits per heavy atom. The molecule has 0 N–H and O–H groups in total. The van der Waals surface area contributed by atoms with Crippen LogP contribution in [0, 0.1) is 0 Å². The summed E-state index contributed by atoms with van der Waals surface area (Å²) in [5.74, 6) is 1.53. The number of para-hydroxylation sites is 4. The van der Waals surface area contributed by atoms with Crippen LogP contribution in [0.3, 0.4) is 0 Å². The first-order valence-electron chi connectivity index (χ1n) is 12.0. The van der Waals surface area contributed by atoms with Gasteiger partial charge in [0.25, 0.3) is 0 Å². The Balaban J connectivity index is 1.55. The predicted molar refractivity (Wildman–Crippen MR) is 153 cm³/mol. The minimum atomic E-state index is -3.96. The summed E-state index contributed by atoms with van der Waals surface area (Å²) < 4.78 is 50.9. The average Bonchev–Trinajstić information content (AvgIpc) is 2.93. The summed E-state index contributed by atoms with van der Waals surface area (Å²) >= 11 is -1.57. The zero-order valence-corrected chi connectivity index (χ0v) is 25.0. The molecule has 1 unspecified atom stereocenters. The molecule has 0 heterocycles. The van der Waals surface area contributed by atoms with Crippen LogP contribution in [0.25, 0.3) is 0 Å². The van der Waals surface area contributed by atoms with Crippen molar-refractivity contribution < 1.29 is 38.9 Å². The summed E-state index contributed by atoms with van der Waals surface area (Å²) in [6.45, 7) is 0. The third-order valence-corrected chi connectivity index (χ3v) is 13.5. The molecule has 0 aliphatic carbocycles. The molecule has 0 radical (unpaired) electrons. The van der Waals surface area contributed by atoms with Gasteiger partial charge in [-0.15, -0.1) is 0 Å². The zero-order chi connectivity index (χ0) is 27.6. The molecule has 4 rings (SSSR count). The Morgan fingerprint density at radius 1 is 0.564 bits per heavy atom. The van der Waals surface area contributed by atoms with E-state index in [-0.39, 0.29) is 19.0 Å². The predicted octanol–water partition coefficient (Wildman–Crippen LogP) is 9.72. The van der Waals surface area contributed by atoms with Crippen molar-refractivity contribution >= 4 is 35.6 Å². The summed E-state index contributed by atoms with van der Waals surface area (Å²) in [5.41, 5.74) is 0. The van der Waals surface area contributed by atoms with Crippen LogP contribution < -0.4 is 18.1 Å². The third-order valence-electron chi connectivity index (χ3n) is 5.27. The Labute approximate surface area is 241 Å². The SMILES string of the molecule is O=P(CCC[CH]([Ni]([Cl])[Cl])P(=O)(Oc1ccccc1)Oc1ccccc1)(Oc1ccccc1)Oc1ccccc1. The quantitative estimate of drug-likeness (QED) is 0.1000. The molecule has 0 bridgehead atoms. The Morgan fingerprint density at radius 3 is 1.23 bits per heavy atom. The van der Waals surface area contributed by atoms with Crippen molar-refractivity contribution in [1.29, 1.82) is 0 Å². The van der Waals surface area contributed by atoms with E-state index >= 15 is 0 Å². The van der Waals surface area contributed by atoms with E-state index in [2.05, 4.69) is 0 Å². The summed E-state index contributed by atoms with van der Waals surface area (Å²) in [6, 6.07) is 35.0. The van der Waals surface area contributed by atoms with Gasteiger partial charge in [0, 0.05) is 0 Å². The van der Waals surface area contributed by atoms with Gasteiger partial charge in [-0.05, 0) is 0 Å². The van der Waals surface area contributed by atoms with Gasteiger partial charge < -0.3 is 0 Å². The van der Waals surface area contributed by atoms with E-state index in [0.29, 0.717) is 23.0 Å². The Kier molecular flexibility index (Phi) is 10.9. The van der Waals surface area contributed by atoms with Crippen molar-refractivity contribution in [2.75, 3.05) is 6.16 Å². The first-order valence-corrected chi connectivity index (χ1v) is 18.6. The Bertz CT molecular complexity index is 1290. The molecule has 39 heavy (non-hydrogen) atoms. The molecule has 0 fully saturated rings. The van der Waals surface area contributed by atoms with Gasteiger partial charge in [-0.2, -0.15) is 0 Å².